The summed E-state index contributed by atoms with van der Waals surface area (Å²) in [4.78, 5) is 20.2. The summed E-state index contributed by atoms with van der Waals surface area (Å²) in [6, 6.07) is 9.69. The summed E-state index contributed by atoms with van der Waals surface area (Å²) in [6.07, 6.45) is -0.164. The Hall–Kier alpha value is -2.34. The molecule has 2 atom stereocenters. The van der Waals surface area contributed by atoms with E-state index in [9.17, 15) is 9.90 Å². The number of amides is 1. The van der Waals surface area contributed by atoms with Crippen LogP contribution >= 0.6 is 0 Å². The number of benzene rings is 1. The maximum Gasteiger partial charge on any atom is 0.222 e. The lowest BCUT2D eigenvalue weighted by molar-refractivity contribution is -0.130. The van der Waals surface area contributed by atoms with Crippen molar-refractivity contribution in [1.29, 1.82) is 0 Å². The summed E-state index contributed by atoms with van der Waals surface area (Å²) in [5, 5.41) is 11.2. The summed E-state index contributed by atoms with van der Waals surface area (Å²) >= 11 is 0. The molecule has 1 amide bonds. The smallest absolute Gasteiger partial charge is 0.222 e. The Labute approximate surface area is 141 Å². The lowest BCUT2D eigenvalue weighted by atomic mass is 10.0. The van der Waals surface area contributed by atoms with Crippen molar-refractivity contribution in [2.75, 3.05) is 39.2 Å². The topological polar surface area (TPSA) is 65.9 Å². The number of methoxy groups -OCH3 is 1. The van der Waals surface area contributed by atoms with Gasteiger partial charge >= 0.3 is 0 Å². The average molecular weight is 329 g/mol. The van der Waals surface area contributed by atoms with Gasteiger partial charge in [-0.05, 0) is 24.3 Å². The number of pyridine rings is 1. The molecule has 2 heterocycles. The Morgan fingerprint density at radius 2 is 2.12 bits per heavy atom. The molecule has 0 spiro atoms. The number of ether oxygens (including phenoxy) is 1. The molecule has 0 aliphatic carbocycles. The van der Waals surface area contributed by atoms with E-state index in [-0.39, 0.29) is 11.8 Å². The van der Waals surface area contributed by atoms with E-state index in [0.717, 1.165) is 22.5 Å². The van der Waals surface area contributed by atoms with Crippen LogP contribution in [-0.2, 0) is 4.79 Å². The number of hydrogen-bond donors (Lipinski definition) is 1. The first kappa shape index (κ1) is 16.5. The van der Waals surface area contributed by atoms with Gasteiger partial charge in [0.2, 0.25) is 5.91 Å². The maximum absolute atomic E-state index is 11.9. The van der Waals surface area contributed by atoms with Gasteiger partial charge < -0.3 is 19.6 Å². The van der Waals surface area contributed by atoms with E-state index in [0.29, 0.717) is 19.5 Å². The van der Waals surface area contributed by atoms with E-state index in [1.54, 1.807) is 26.1 Å². The highest BCUT2D eigenvalue weighted by Gasteiger charge is 2.33. The van der Waals surface area contributed by atoms with Crippen LogP contribution in [0.15, 0.2) is 30.3 Å². The first-order chi connectivity index (χ1) is 11.5. The van der Waals surface area contributed by atoms with Crippen LogP contribution in [0.5, 0.6) is 5.75 Å². The quantitative estimate of drug-likeness (QED) is 0.921. The third-order valence-corrected chi connectivity index (χ3v) is 4.56. The fourth-order valence-corrected chi connectivity index (χ4v) is 3.12. The van der Waals surface area contributed by atoms with Gasteiger partial charge in [-0.1, -0.05) is 6.07 Å². The highest BCUT2D eigenvalue weighted by atomic mass is 16.5. The summed E-state index contributed by atoms with van der Waals surface area (Å²) < 4.78 is 5.36. The summed E-state index contributed by atoms with van der Waals surface area (Å²) in [5.41, 5.74) is 0.856. The molecule has 1 aromatic heterocycles. The van der Waals surface area contributed by atoms with Crippen molar-refractivity contribution in [3.8, 4) is 5.75 Å². The monoisotopic (exact) mass is 329 g/mol. The number of aliphatic hydroxyl groups excluding tert-OH is 1. The Bertz CT molecular complexity index is 747. The highest BCUT2D eigenvalue weighted by molar-refractivity contribution is 5.86. The zero-order valence-corrected chi connectivity index (χ0v) is 14.3. The molecule has 1 aliphatic heterocycles. The third kappa shape index (κ3) is 3.14. The van der Waals surface area contributed by atoms with Crippen LogP contribution in [-0.4, -0.2) is 61.3 Å². The second kappa shape index (κ2) is 6.65. The first-order valence-corrected chi connectivity index (χ1v) is 8.06. The van der Waals surface area contributed by atoms with Crippen LogP contribution in [0.25, 0.3) is 10.9 Å². The first-order valence-electron chi connectivity index (χ1n) is 8.06. The molecule has 0 unspecified atom stereocenters. The van der Waals surface area contributed by atoms with Gasteiger partial charge in [0.05, 0.1) is 18.7 Å². The number of aliphatic hydroxyl groups is 1. The lowest BCUT2D eigenvalue weighted by Crippen LogP contribution is -2.28. The van der Waals surface area contributed by atoms with Gasteiger partial charge in [-0.3, -0.25) is 4.79 Å². The molecule has 0 saturated carbocycles. The number of anilines is 1. The zero-order chi connectivity index (χ0) is 17.3. The van der Waals surface area contributed by atoms with Gasteiger partial charge in [0.15, 0.2) is 0 Å². The molecule has 3 rings (SSSR count). The van der Waals surface area contributed by atoms with Gasteiger partial charge in [-0.25, -0.2) is 4.98 Å². The second-order valence-corrected chi connectivity index (χ2v) is 6.42. The summed E-state index contributed by atoms with van der Waals surface area (Å²) in [6.45, 7) is 1.12. The van der Waals surface area contributed by atoms with Crippen molar-refractivity contribution in [2.24, 2.45) is 5.92 Å². The van der Waals surface area contributed by atoms with E-state index in [2.05, 4.69) is 4.98 Å². The average Bonchev–Trinajstić information content (AvgIpc) is 2.94. The van der Waals surface area contributed by atoms with Crippen LogP contribution in [0.2, 0.25) is 0 Å². The molecule has 6 heteroatoms. The van der Waals surface area contributed by atoms with Gasteiger partial charge in [-0.2, -0.15) is 0 Å². The van der Waals surface area contributed by atoms with Crippen molar-refractivity contribution >= 4 is 22.6 Å². The molecule has 1 aromatic carbocycles. The van der Waals surface area contributed by atoms with Crippen LogP contribution in [0.1, 0.15) is 6.42 Å². The van der Waals surface area contributed by atoms with E-state index in [1.165, 1.54) is 0 Å². The van der Waals surface area contributed by atoms with Crippen molar-refractivity contribution in [3.05, 3.63) is 30.3 Å². The summed E-state index contributed by atoms with van der Waals surface area (Å²) in [7, 11) is 5.12. The predicted molar refractivity (Wildman–Crippen MR) is 93.3 cm³/mol. The summed E-state index contributed by atoms with van der Waals surface area (Å²) in [5.74, 6) is 1.58. The van der Waals surface area contributed by atoms with Crippen molar-refractivity contribution < 1.29 is 14.6 Å². The molecule has 6 nitrogen and oxygen atoms in total. The van der Waals surface area contributed by atoms with Gasteiger partial charge in [-0.15, -0.1) is 0 Å². The largest absolute Gasteiger partial charge is 0.496 e. The van der Waals surface area contributed by atoms with Crippen molar-refractivity contribution in [1.82, 2.24) is 9.88 Å². The molecular weight excluding hydrogens is 306 g/mol. The predicted octanol–water partition coefficient (Wildman–Crippen LogP) is 1.52. The number of hydrogen-bond acceptors (Lipinski definition) is 5. The van der Waals surface area contributed by atoms with E-state index in [4.69, 9.17) is 4.74 Å². The number of fused-ring (bicyclic) bond motifs is 1. The zero-order valence-electron chi connectivity index (χ0n) is 14.3. The number of nitrogens with zero attached hydrogens (tertiary/aromatic N) is 3. The number of β-amino-alcohol motifs (C(OH)–C–C–N with tert-alkyl or cyclic N) is 1. The fraction of sp³-hybridized carbons (Fsp3) is 0.444. The van der Waals surface area contributed by atoms with Gasteiger partial charge in [0.25, 0.3) is 0 Å². The van der Waals surface area contributed by atoms with Gasteiger partial charge in [0, 0.05) is 44.9 Å². The van der Waals surface area contributed by atoms with E-state index < -0.39 is 6.10 Å². The van der Waals surface area contributed by atoms with Crippen molar-refractivity contribution in [3.63, 3.8) is 0 Å². The van der Waals surface area contributed by atoms with E-state index >= 15 is 0 Å². The second-order valence-electron chi connectivity index (χ2n) is 6.42. The molecule has 0 radical (unpaired) electrons. The molecule has 24 heavy (non-hydrogen) atoms. The standard InChI is InChI=1S/C18H23N3O3/c1-20(2)18(23)9-12-10-21(11-15(12)22)17-8-7-13-14(19-17)5-4-6-16(13)24-3/h4-8,12,15,22H,9-11H2,1-3H3/t12-,15-/m1/s1. The number of rotatable bonds is 4. The minimum Gasteiger partial charge on any atom is -0.496 e. The molecule has 128 valence electrons. The normalized spacial score (nSPS) is 20.4. The van der Waals surface area contributed by atoms with Crippen LogP contribution in [0, 0.1) is 5.92 Å². The minimum absolute atomic E-state index is 0.0390. The number of aromatic nitrogens is 1. The Kier molecular flexibility index (Phi) is 4.57. The number of carbonyl (C=O) groups is 1. The van der Waals surface area contributed by atoms with Crippen LogP contribution in [0.3, 0.4) is 0 Å². The van der Waals surface area contributed by atoms with Crippen molar-refractivity contribution in [2.45, 2.75) is 12.5 Å². The molecular formula is C18H23N3O3. The van der Waals surface area contributed by atoms with E-state index in [1.807, 2.05) is 35.2 Å². The Morgan fingerprint density at radius 1 is 1.33 bits per heavy atom. The molecule has 2 aromatic rings. The maximum atomic E-state index is 11.9. The fourth-order valence-electron chi connectivity index (χ4n) is 3.12. The Morgan fingerprint density at radius 3 is 2.83 bits per heavy atom. The molecule has 1 fully saturated rings. The highest BCUT2D eigenvalue weighted by Crippen LogP contribution is 2.29. The van der Waals surface area contributed by atoms with Gasteiger partial charge in [0.1, 0.15) is 11.6 Å². The molecule has 0 bridgehead atoms. The minimum atomic E-state index is -0.517. The lowest BCUT2D eigenvalue weighted by Gasteiger charge is -2.18. The molecule has 1 N–H and O–H groups in total. The SMILES string of the molecule is COc1cccc2nc(N3C[C@@H](CC(=O)N(C)C)[C@H](O)C3)ccc12. The number of carbonyl (C=O) groups excluding carboxylic acids is 1. The third-order valence-electron chi connectivity index (χ3n) is 4.56. The van der Waals surface area contributed by atoms with Crippen LogP contribution < -0.4 is 9.64 Å². The Balaban J connectivity index is 1.80. The molecule has 1 saturated heterocycles. The molecule has 1 aliphatic rings. The van der Waals surface area contributed by atoms with Crippen LogP contribution in [0.4, 0.5) is 5.82 Å².